The van der Waals surface area contributed by atoms with Crippen LogP contribution >= 0.6 is 0 Å². The van der Waals surface area contributed by atoms with Gasteiger partial charge in [0, 0.05) is 24.9 Å². The Hall–Kier alpha value is -2.70. The Morgan fingerprint density at radius 2 is 1.71 bits per heavy atom. The highest BCUT2D eigenvalue weighted by Crippen LogP contribution is 2.28. The van der Waals surface area contributed by atoms with Crippen LogP contribution in [-0.2, 0) is 0 Å². The van der Waals surface area contributed by atoms with Crippen LogP contribution in [0.2, 0.25) is 0 Å². The van der Waals surface area contributed by atoms with Crippen LogP contribution in [0, 0.1) is 17.5 Å². The molecule has 0 aliphatic carbocycles. The fraction of sp³-hybridized carbons (Fsp3) is 0.0714. The van der Waals surface area contributed by atoms with Crippen LogP contribution < -0.4 is 16.4 Å². The number of benzene rings is 2. The summed E-state index contributed by atoms with van der Waals surface area (Å²) < 4.78 is 40.2. The number of amides is 1. The van der Waals surface area contributed by atoms with Crippen molar-refractivity contribution in [3.8, 4) is 0 Å². The zero-order valence-electron chi connectivity index (χ0n) is 11.0. The van der Waals surface area contributed by atoms with Gasteiger partial charge in [-0.3, -0.25) is 4.79 Å². The van der Waals surface area contributed by atoms with Crippen LogP contribution in [0.15, 0.2) is 30.3 Å². The molecule has 2 rings (SSSR count). The van der Waals surface area contributed by atoms with E-state index in [0.717, 1.165) is 0 Å². The predicted molar refractivity (Wildman–Crippen MR) is 73.8 cm³/mol. The molecular formula is C14H12F3N3O. The highest BCUT2D eigenvalue weighted by Gasteiger charge is 2.16. The minimum Gasteiger partial charge on any atom is -0.399 e. The summed E-state index contributed by atoms with van der Waals surface area (Å²) in [6.07, 6.45) is 0. The Kier molecular flexibility index (Phi) is 4.02. The minimum absolute atomic E-state index is 0.110. The fourth-order valence-corrected chi connectivity index (χ4v) is 1.79. The van der Waals surface area contributed by atoms with E-state index in [9.17, 15) is 18.0 Å². The number of halogens is 3. The van der Waals surface area contributed by atoms with Crippen molar-refractivity contribution in [2.24, 2.45) is 0 Å². The first-order valence-corrected chi connectivity index (χ1v) is 5.95. The van der Waals surface area contributed by atoms with E-state index in [1.807, 2.05) is 0 Å². The van der Waals surface area contributed by atoms with Crippen molar-refractivity contribution in [2.75, 3.05) is 18.1 Å². The quantitative estimate of drug-likeness (QED) is 0.763. The third-order valence-electron chi connectivity index (χ3n) is 2.78. The van der Waals surface area contributed by atoms with Crippen LogP contribution in [0.5, 0.6) is 0 Å². The van der Waals surface area contributed by atoms with Crippen molar-refractivity contribution >= 4 is 23.0 Å². The average molecular weight is 295 g/mol. The van der Waals surface area contributed by atoms with Gasteiger partial charge in [-0.25, -0.2) is 13.2 Å². The molecule has 110 valence electrons. The summed E-state index contributed by atoms with van der Waals surface area (Å²) >= 11 is 0. The molecule has 0 aromatic heterocycles. The Bertz CT molecular complexity index is 681. The third kappa shape index (κ3) is 3.07. The van der Waals surface area contributed by atoms with Gasteiger partial charge in [0.15, 0.2) is 11.6 Å². The standard InChI is InChI=1S/C14H12F3N3O/c1-19-14(21)9-3-2-8(18)6-12(9)20-13-10(16)4-7(15)5-11(13)17/h2-6,20H,18H2,1H3,(H,19,21). The summed E-state index contributed by atoms with van der Waals surface area (Å²) in [6, 6.07) is 5.32. The molecule has 0 aliphatic heterocycles. The van der Waals surface area contributed by atoms with Gasteiger partial charge in [0.05, 0.1) is 11.3 Å². The second-order valence-corrected chi connectivity index (χ2v) is 4.25. The smallest absolute Gasteiger partial charge is 0.253 e. The van der Waals surface area contributed by atoms with Gasteiger partial charge in [0.25, 0.3) is 5.91 Å². The maximum atomic E-state index is 13.6. The van der Waals surface area contributed by atoms with Crippen molar-refractivity contribution in [1.29, 1.82) is 0 Å². The number of nitrogens with two attached hydrogens (primary N) is 1. The summed E-state index contributed by atoms with van der Waals surface area (Å²) in [5.41, 5.74) is 5.60. The Morgan fingerprint density at radius 1 is 1.10 bits per heavy atom. The molecule has 0 radical (unpaired) electrons. The van der Waals surface area contributed by atoms with Crippen LogP contribution in [0.4, 0.5) is 30.2 Å². The van der Waals surface area contributed by atoms with Crippen molar-refractivity contribution in [3.63, 3.8) is 0 Å². The topological polar surface area (TPSA) is 67.2 Å². The average Bonchev–Trinajstić information content (AvgIpc) is 2.42. The third-order valence-corrected chi connectivity index (χ3v) is 2.78. The molecule has 2 aromatic carbocycles. The van der Waals surface area contributed by atoms with Gasteiger partial charge < -0.3 is 16.4 Å². The van der Waals surface area contributed by atoms with E-state index in [1.165, 1.54) is 25.2 Å². The first-order chi connectivity index (χ1) is 9.92. The molecule has 0 spiro atoms. The molecule has 1 amide bonds. The molecule has 0 heterocycles. The van der Waals surface area contributed by atoms with E-state index >= 15 is 0 Å². The number of carbonyl (C=O) groups excluding carboxylic acids is 1. The van der Waals surface area contributed by atoms with Crippen LogP contribution in [-0.4, -0.2) is 13.0 Å². The van der Waals surface area contributed by atoms with Crippen LogP contribution in [0.25, 0.3) is 0 Å². The lowest BCUT2D eigenvalue weighted by atomic mass is 10.1. The molecule has 2 aromatic rings. The lowest BCUT2D eigenvalue weighted by Crippen LogP contribution is -2.19. The first kappa shape index (κ1) is 14.7. The molecule has 21 heavy (non-hydrogen) atoms. The molecule has 4 nitrogen and oxygen atoms in total. The summed E-state index contributed by atoms with van der Waals surface area (Å²) in [4.78, 5) is 11.7. The molecule has 0 atom stereocenters. The van der Waals surface area contributed by atoms with E-state index in [0.29, 0.717) is 17.8 Å². The molecule has 0 aliphatic rings. The van der Waals surface area contributed by atoms with Gasteiger partial charge in [0.1, 0.15) is 11.5 Å². The second-order valence-electron chi connectivity index (χ2n) is 4.25. The van der Waals surface area contributed by atoms with E-state index in [-0.39, 0.29) is 11.3 Å². The molecule has 4 N–H and O–H groups in total. The van der Waals surface area contributed by atoms with E-state index in [1.54, 1.807) is 0 Å². The zero-order chi connectivity index (χ0) is 15.6. The number of nitrogens with one attached hydrogen (secondary N) is 2. The molecule has 0 bridgehead atoms. The number of hydrogen-bond donors (Lipinski definition) is 3. The Labute approximate surface area is 118 Å². The van der Waals surface area contributed by atoms with Crippen molar-refractivity contribution in [3.05, 3.63) is 53.3 Å². The van der Waals surface area contributed by atoms with Crippen molar-refractivity contribution in [2.45, 2.75) is 0 Å². The highest BCUT2D eigenvalue weighted by molar-refractivity contribution is 6.00. The van der Waals surface area contributed by atoms with E-state index in [4.69, 9.17) is 5.73 Å². The molecular weight excluding hydrogens is 283 g/mol. The largest absolute Gasteiger partial charge is 0.399 e. The second kappa shape index (κ2) is 5.74. The van der Waals surface area contributed by atoms with Crippen LogP contribution in [0.1, 0.15) is 10.4 Å². The Balaban J connectivity index is 2.49. The van der Waals surface area contributed by atoms with Gasteiger partial charge >= 0.3 is 0 Å². The number of anilines is 3. The molecule has 0 saturated carbocycles. The predicted octanol–water partition coefficient (Wildman–Crippen LogP) is 2.79. The molecule has 0 fully saturated rings. The van der Waals surface area contributed by atoms with Crippen LogP contribution in [0.3, 0.4) is 0 Å². The minimum atomic E-state index is -1.11. The maximum Gasteiger partial charge on any atom is 0.253 e. The van der Waals surface area contributed by atoms with Gasteiger partial charge in [0.2, 0.25) is 0 Å². The lowest BCUT2D eigenvalue weighted by molar-refractivity contribution is 0.0964. The molecule has 7 heteroatoms. The number of carbonyl (C=O) groups is 1. The molecule has 0 unspecified atom stereocenters. The SMILES string of the molecule is CNC(=O)c1ccc(N)cc1Nc1c(F)cc(F)cc1F. The van der Waals surface area contributed by atoms with Gasteiger partial charge in [-0.15, -0.1) is 0 Å². The summed E-state index contributed by atoms with van der Waals surface area (Å²) in [7, 11) is 1.42. The van der Waals surface area contributed by atoms with Gasteiger partial charge in [-0.05, 0) is 18.2 Å². The highest BCUT2D eigenvalue weighted by atomic mass is 19.1. The maximum absolute atomic E-state index is 13.6. The number of rotatable bonds is 3. The van der Waals surface area contributed by atoms with E-state index < -0.39 is 29.0 Å². The summed E-state index contributed by atoms with van der Waals surface area (Å²) in [5.74, 6) is -3.72. The Morgan fingerprint density at radius 3 is 2.29 bits per heavy atom. The van der Waals surface area contributed by atoms with Crippen molar-refractivity contribution < 1.29 is 18.0 Å². The monoisotopic (exact) mass is 295 g/mol. The number of hydrogen-bond acceptors (Lipinski definition) is 3. The van der Waals surface area contributed by atoms with Gasteiger partial charge in [-0.1, -0.05) is 0 Å². The normalized spacial score (nSPS) is 10.3. The lowest BCUT2D eigenvalue weighted by Gasteiger charge is -2.13. The molecule has 0 saturated heterocycles. The fourth-order valence-electron chi connectivity index (χ4n) is 1.79. The number of nitrogen functional groups attached to an aromatic ring is 1. The zero-order valence-corrected chi connectivity index (χ0v) is 11.0. The van der Waals surface area contributed by atoms with Gasteiger partial charge in [-0.2, -0.15) is 0 Å². The first-order valence-electron chi connectivity index (χ1n) is 5.95. The van der Waals surface area contributed by atoms with Crippen molar-refractivity contribution in [1.82, 2.24) is 5.32 Å². The summed E-state index contributed by atoms with van der Waals surface area (Å²) in [6.45, 7) is 0. The van der Waals surface area contributed by atoms with E-state index in [2.05, 4.69) is 10.6 Å². The summed E-state index contributed by atoms with van der Waals surface area (Å²) in [5, 5.41) is 4.83.